The third kappa shape index (κ3) is 4.17. The lowest BCUT2D eigenvalue weighted by Gasteiger charge is -2.26. The molecule has 1 fully saturated rings. The maximum absolute atomic E-state index is 13.0. The van der Waals surface area contributed by atoms with E-state index in [4.69, 9.17) is 9.47 Å². The minimum atomic E-state index is -0.0899. The molecule has 1 aromatic carbocycles. The Morgan fingerprint density at radius 2 is 2.17 bits per heavy atom. The second-order valence-electron chi connectivity index (χ2n) is 6.99. The average Bonchev–Trinajstić information content (AvgIpc) is 3.43. The summed E-state index contributed by atoms with van der Waals surface area (Å²) in [6.45, 7) is 0.727. The summed E-state index contributed by atoms with van der Waals surface area (Å²) in [4.78, 5) is 32.2. The number of aromatic nitrogens is 2. The molecule has 3 aromatic rings. The van der Waals surface area contributed by atoms with Gasteiger partial charge >= 0.3 is 0 Å². The smallest absolute Gasteiger partial charge is 0.258 e. The molecule has 1 aliphatic heterocycles. The standard InChI is InChI=1S/C21H23N3O4S2/c1-27-15-5-6-18(28-2)16(11-15)17-4-3-7-23(17)20(26)13-29-12-14-10-19(25)24-8-9-30-21(24)22-14/h5-6,8-11,17H,3-4,7,12-13H2,1-2H3. The molecule has 30 heavy (non-hydrogen) atoms. The Morgan fingerprint density at radius 3 is 2.97 bits per heavy atom. The predicted octanol–water partition coefficient (Wildman–Crippen LogP) is 3.37. The van der Waals surface area contributed by atoms with Gasteiger partial charge in [0, 0.05) is 35.5 Å². The van der Waals surface area contributed by atoms with Crippen LogP contribution in [0.4, 0.5) is 0 Å². The Hall–Kier alpha value is -2.52. The van der Waals surface area contributed by atoms with Crippen LogP contribution in [0.1, 0.15) is 30.1 Å². The second-order valence-corrected chi connectivity index (χ2v) is 8.85. The molecule has 1 saturated heterocycles. The van der Waals surface area contributed by atoms with Crippen molar-refractivity contribution in [1.29, 1.82) is 0 Å². The third-order valence-electron chi connectivity index (χ3n) is 5.20. The highest BCUT2D eigenvalue weighted by atomic mass is 32.2. The molecule has 158 valence electrons. The van der Waals surface area contributed by atoms with Gasteiger partial charge in [0.2, 0.25) is 5.91 Å². The lowest BCUT2D eigenvalue weighted by Crippen LogP contribution is -2.32. The average molecular weight is 446 g/mol. The topological polar surface area (TPSA) is 73.1 Å². The summed E-state index contributed by atoms with van der Waals surface area (Å²) in [5, 5.41) is 1.84. The molecule has 9 heteroatoms. The zero-order chi connectivity index (χ0) is 21.1. The van der Waals surface area contributed by atoms with Crippen molar-refractivity contribution in [2.45, 2.75) is 24.6 Å². The molecule has 0 spiro atoms. The van der Waals surface area contributed by atoms with Crippen LogP contribution in [0.15, 0.2) is 40.6 Å². The minimum Gasteiger partial charge on any atom is -0.497 e. The number of methoxy groups -OCH3 is 2. The van der Waals surface area contributed by atoms with Gasteiger partial charge in [-0.1, -0.05) is 0 Å². The fourth-order valence-corrected chi connectivity index (χ4v) is 5.31. The zero-order valence-electron chi connectivity index (χ0n) is 16.9. The number of carbonyl (C=O) groups is 1. The van der Waals surface area contributed by atoms with Crippen molar-refractivity contribution in [2.75, 3.05) is 26.5 Å². The number of ether oxygens (including phenoxy) is 2. The van der Waals surface area contributed by atoms with Gasteiger partial charge in [-0.3, -0.25) is 14.0 Å². The van der Waals surface area contributed by atoms with Crippen LogP contribution in [0.25, 0.3) is 4.96 Å². The number of benzene rings is 1. The van der Waals surface area contributed by atoms with Gasteiger partial charge in [0.1, 0.15) is 11.5 Å². The van der Waals surface area contributed by atoms with E-state index in [2.05, 4.69) is 4.98 Å². The van der Waals surface area contributed by atoms with Crippen molar-refractivity contribution in [3.8, 4) is 11.5 Å². The largest absolute Gasteiger partial charge is 0.497 e. The van der Waals surface area contributed by atoms with E-state index in [0.717, 1.165) is 36.4 Å². The van der Waals surface area contributed by atoms with Gasteiger partial charge in [0.15, 0.2) is 4.96 Å². The molecule has 4 rings (SSSR count). The van der Waals surface area contributed by atoms with Crippen molar-refractivity contribution in [2.24, 2.45) is 0 Å². The van der Waals surface area contributed by atoms with Crippen molar-refractivity contribution in [3.63, 3.8) is 0 Å². The molecular weight excluding hydrogens is 422 g/mol. The SMILES string of the molecule is COc1ccc(OC)c(C2CCCN2C(=O)CSCc2cc(=O)n3ccsc3n2)c1. The third-order valence-corrected chi connectivity index (χ3v) is 6.91. The molecule has 0 aliphatic carbocycles. The van der Waals surface area contributed by atoms with Crippen molar-refractivity contribution in [3.05, 3.63) is 57.5 Å². The van der Waals surface area contributed by atoms with Gasteiger partial charge in [-0.05, 0) is 31.0 Å². The summed E-state index contributed by atoms with van der Waals surface area (Å²) < 4.78 is 12.4. The number of rotatable bonds is 7. The van der Waals surface area contributed by atoms with Crippen LogP contribution >= 0.6 is 23.1 Å². The molecule has 7 nitrogen and oxygen atoms in total. The summed E-state index contributed by atoms with van der Waals surface area (Å²) >= 11 is 2.91. The molecule has 0 radical (unpaired) electrons. The molecule has 0 saturated carbocycles. The number of hydrogen-bond acceptors (Lipinski definition) is 7. The van der Waals surface area contributed by atoms with E-state index in [0.29, 0.717) is 22.2 Å². The first kappa shape index (κ1) is 20.7. The number of nitrogens with zero attached hydrogens (tertiary/aromatic N) is 3. The Bertz CT molecular complexity index is 1110. The van der Waals surface area contributed by atoms with Gasteiger partial charge in [-0.15, -0.1) is 23.1 Å². The van der Waals surface area contributed by atoms with E-state index in [1.807, 2.05) is 28.5 Å². The number of thiazole rings is 1. The van der Waals surface area contributed by atoms with Gasteiger partial charge < -0.3 is 14.4 Å². The van der Waals surface area contributed by atoms with Crippen LogP contribution in [0.3, 0.4) is 0 Å². The monoisotopic (exact) mass is 445 g/mol. The normalized spacial score (nSPS) is 16.2. The van der Waals surface area contributed by atoms with Gasteiger partial charge in [0.05, 0.1) is 31.7 Å². The molecule has 1 unspecified atom stereocenters. The Labute approximate surface area is 182 Å². The number of carbonyl (C=O) groups excluding carboxylic acids is 1. The zero-order valence-corrected chi connectivity index (χ0v) is 18.5. The fraction of sp³-hybridized carbons (Fsp3) is 0.381. The van der Waals surface area contributed by atoms with E-state index >= 15 is 0 Å². The van der Waals surface area contributed by atoms with E-state index in [1.165, 1.54) is 33.6 Å². The lowest BCUT2D eigenvalue weighted by molar-refractivity contribution is -0.129. The summed E-state index contributed by atoms with van der Waals surface area (Å²) in [6, 6.07) is 7.22. The highest BCUT2D eigenvalue weighted by molar-refractivity contribution is 7.99. The minimum absolute atomic E-state index is 0.0200. The second kappa shape index (κ2) is 9.09. The van der Waals surface area contributed by atoms with Crippen LogP contribution in [-0.4, -0.2) is 46.7 Å². The van der Waals surface area contributed by atoms with Crippen LogP contribution in [0.5, 0.6) is 11.5 Å². The highest BCUT2D eigenvalue weighted by Crippen LogP contribution is 2.39. The van der Waals surface area contributed by atoms with Crippen molar-refractivity contribution < 1.29 is 14.3 Å². The molecule has 0 bridgehead atoms. The molecule has 1 amide bonds. The molecular formula is C21H23N3O4S2. The van der Waals surface area contributed by atoms with Crippen LogP contribution < -0.4 is 15.0 Å². The highest BCUT2D eigenvalue weighted by Gasteiger charge is 2.32. The number of likely N-dealkylation sites (tertiary alicyclic amines) is 1. The van der Waals surface area contributed by atoms with Crippen LogP contribution in [0, 0.1) is 0 Å². The van der Waals surface area contributed by atoms with Crippen molar-refractivity contribution in [1.82, 2.24) is 14.3 Å². The Balaban J connectivity index is 1.43. The summed E-state index contributed by atoms with van der Waals surface area (Å²) in [5.74, 6) is 2.47. The first-order chi connectivity index (χ1) is 14.6. The van der Waals surface area contributed by atoms with E-state index in [-0.39, 0.29) is 17.5 Å². The maximum Gasteiger partial charge on any atom is 0.258 e. The molecule has 0 N–H and O–H groups in total. The van der Waals surface area contributed by atoms with E-state index < -0.39 is 0 Å². The molecule has 3 heterocycles. The lowest BCUT2D eigenvalue weighted by atomic mass is 10.0. The van der Waals surface area contributed by atoms with Crippen LogP contribution in [-0.2, 0) is 10.5 Å². The van der Waals surface area contributed by atoms with Crippen LogP contribution in [0.2, 0.25) is 0 Å². The van der Waals surface area contributed by atoms with E-state index in [1.54, 1.807) is 20.4 Å². The number of amides is 1. The number of hydrogen-bond donors (Lipinski definition) is 0. The summed E-state index contributed by atoms with van der Waals surface area (Å²) in [5.41, 5.74) is 1.59. The van der Waals surface area contributed by atoms with E-state index in [9.17, 15) is 9.59 Å². The van der Waals surface area contributed by atoms with Crippen molar-refractivity contribution >= 4 is 34.0 Å². The predicted molar refractivity (Wildman–Crippen MR) is 119 cm³/mol. The number of fused-ring (bicyclic) bond motifs is 1. The molecule has 1 atom stereocenters. The van der Waals surface area contributed by atoms with Gasteiger partial charge in [-0.25, -0.2) is 4.98 Å². The first-order valence-electron chi connectivity index (χ1n) is 9.65. The first-order valence-corrected chi connectivity index (χ1v) is 11.7. The quantitative estimate of drug-likeness (QED) is 0.555. The van der Waals surface area contributed by atoms with Gasteiger partial charge in [-0.2, -0.15) is 0 Å². The fourth-order valence-electron chi connectivity index (χ4n) is 3.78. The molecule has 2 aromatic heterocycles. The Morgan fingerprint density at radius 1 is 1.30 bits per heavy atom. The Kier molecular flexibility index (Phi) is 6.29. The number of thioether (sulfide) groups is 1. The maximum atomic E-state index is 13.0. The summed E-state index contributed by atoms with van der Waals surface area (Å²) in [7, 11) is 3.27. The van der Waals surface area contributed by atoms with Gasteiger partial charge in [0.25, 0.3) is 5.56 Å². The molecule has 1 aliphatic rings. The summed E-state index contributed by atoms with van der Waals surface area (Å²) in [6.07, 6.45) is 3.57.